The highest BCUT2D eigenvalue weighted by Gasteiger charge is 2.06. The standard InChI is InChI=1S/C11H16BrNS/c1-3-10(13)7-8-6-9(12)4-5-11(8)14-2/h4-6,10H,3,7,13H2,1-2H3. The van der Waals surface area contributed by atoms with E-state index in [0.717, 1.165) is 17.3 Å². The van der Waals surface area contributed by atoms with Crippen LogP contribution in [0.4, 0.5) is 0 Å². The average Bonchev–Trinajstić information content (AvgIpc) is 2.18. The molecule has 1 unspecified atom stereocenters. The molecule has 1 rings (SSSR count). The number of nitrogens with two attached hydrogens (primary N) is 1. The SMILES string of the molecule is CCC(N)Cc1cc(Br)ccc1SC. The Hall–Kier alpha value is 0.01000. The molecular formula is C11H16BrNS. The molecule has 1 aromatic carbocycles. The summed E-state index contributed by atoms with van der Waals surface area (Å²) in [4.78, 5) is 1.33. The maximum absolute atomic E-state index is 5.95. The molecule has 0 heterocycles. The van der Waals surface area contributed by atoms with Crippen molar-refractivity contribution in [3.63, 3.8) is 0 Å². The van der Waals surface area contributed by atoms with Crippen LogP contribution in [0, 0.1) is 0 Å². The van der Waals surface area contributed by atoms with Crippen molar-refractivity contribution in [3.05, 3.63) is 28.2 Å². The van der Waals surface area contributed by atoms with Crippen LogP contribution in [0.5, 0.6) is 0 Å². The summed E-state index contributed by atoms with van der Waals surface area (Å²) in [6.45, 7) is 2.13. The zero-order valence-corrected chi connectivity index (χ0v) is 11.0. The van der Waals surface area contributed by atoms with E-state index in [2.05, 4.69) is 47.3 Å². The second-order valence-corrected chi connectivity index (χ2v) is 5.09. The summed E-state index contributed by atoms with van der Waals surface area (Å²) in [6, 6.07) is 6.66. The summed E-state index contributed by atoms with van der Waals surface area (Å²) in [6.07, 6.45) is 4.09. The number of hydrogen-bond acceptors (Lipinski definition) is 2. The van der Waals surface area contributed by atoms with Gasteiger partial charge in [0.2, 0.25) is 0 Å². The Morgan fingerprint density at radius 3 is 2.79 bits per heavy atom. The Balaban J connectivity index is 2.87. The quantitative estimate of drug-likeness (QED) is 0.851. The van der Waals surface area contributed by atoms with E-state index in [1.807, 2.05) is 0 Å². The smallest absolute Gasteiger partial charge is 0.0178 e. The van der Waals surface area contributed by atoms with E-state index in [0.29, 0.717) is 0 Å². The summed E-state index contributed by atoms with van der Waals surface area (Å²) in [5.74, 6) is 0. The molecule has 0 spiro atoms. The van der Waals surface area contributed by atoms with Crippen LogP contribution in [0.3, 0.4) is 0 Å². The molecule has 1 nitrogen and oxygen atoms in total. The minimum atomic E-state index is 0.273. The first kappa shape index (κ1) is 12.1. The van der Waals surface area contributed by atoms with Crippen molar-refractivity contribution in [3.8, 4) is 0 Å². The van der Waals surface area contributed by atoms with Crippen molar-refractivity contribution < 1.29 is 0 Å². The average molecular weight is 274 g/mol. The van der Waals surface area contributed by atoms with Gasteiger partial charge in [0.05, 0.1) is 0 Å². The van der Waals surface area contributed by atoms with E-state index in [4.69, 9.17) is 5.73 Å². The van der Waals surface area contributed by atoms with Crippen LogP contribution in [0.2, 0.25) is 0 Å². The Kier molecular flexibility index (Phi) is 4.99. The second kappa shape index (κ2) is 5.79. The fourth-order valence-electron chi connectivity index (χ4n) is 1.33. The number of thioether (sulfide) groups is 1. The molecular weight excluding hydrogens is 258 g/mol. The highest BCUT2D eigenvalue weighted by atomic mass is 79.9. The molecule has 0 aromatic heterocycles. The fraction of sp³-hybridized carbons (Fsp3) is 0.455. The van der Waals surface area contributed by atoms with E-state index < -0.39 is 0 Å². The van der Waals surface area contributed by atoms with Crippen LogP contribution in [-0.2, 0) is 6.42 Å². The molecule has 14 heavy (non-hydrogen) atoms. The monoisotopic (exact) mass is 273 g/mol. The molecule has 0 radical (unpaired) electrons. The molecule has 78 valence electrons. The maximum atomic E-state index is 5.95. The Morgan fingerprint density at radius 2 is 2.21 bits per heavy atom. The summed E-state index contributed by atoms with van der Waals surface area (Å²) < 4.78 is 1.13. The van der Waals surface area contributed by atoms with E-state index in [-0.39, 0.29) is 6.04 Å². The number of hydrogen-bond donors (Lipinski definition) is 1. The van der Waals surface area contributed by atoms with Gasteiger partial charge < -0.3 is 5.73 Å². The van der Waals surface area contributed by atoms with Crippen LogP contribution >= 0.6 is 27.7 Å². The lowest BCUT2D eigenvalue weighted by atomic mass is 10.1. The third-order valence-corrected chi connectivity index (χ3v) is 3.58. The highest BCUT2D eigenvalue weighted by molar-refractivity contribution is 9.10. The third kappa shape index (κ3) is 3.30. The number of benzene rings is 1. The lowest BCUT2D eigenvalue weighted by molar-refractivity contribution is 0.641. The van der Waals surface area contributed by atoms with Crippen molar-refractivity contribution in [2.24, 2.45) is 5.73 Å². The lowest BCUT2D eigenvalue weighted by Crippen LogP contribution is -2.21. The van der Waals surface area contributed by atoms with E-state index in [1.54, 1.807) is 11.8 Å². The minimum Gasteiger partial charge on any atom is -0.327 e. The first-order valence-electron chi connectivity index (χ1n) is 4.75. The molecule has 2 N–H and O–H groups in total. The lowest BCUT2D eigenvalue weighted by Gasteiger charge is -2.12. The van der Waals surface area contributed by atoms with Gasteiger partial charge >= 0.3 is 0 Å². The Bertz CT molecular complexity index is 301. The molecule has 0 saturated carbocycles. The van der Waals surface area contributed by atoms with Gasteiger partial charge in [-0.05, 0) is 42.9 Å². The fourth-order valence-corrected chi connectivity index (χ4v) is 2.35. The van der Waals surface area contributed by atoms with Gasteiger partial charge in [-0.25, -0.2) is 0 Å². The van der Waals surface area contributed by atoms with Gasteiger partial charge in [-0.1, -0.05) is 22.9 Å². The van der Waals surface area contributed by atoms with Gasteiger partial charge in [-0.2, -0.15) is 0 Å². The van der Waals surface area contributed by atoms with Gasteiger partial charge in [0.15, 0.2) is 0 Å². The van der Waals surface area contributed by atoms with Gasteiger partial charge in [0, 0.05) is 15.4 Å². The van der Waals surface area contributed by atoms with Crippen molar-refractivity contribution in [1.29, 1.82) is 0 Å². The molecule has 0 aliphatic carbocycles. The first-order valence-corrected chi connectivity index (χ1v) is 6.77. The van der Waals surface area contributed by atoms with Crippen molar-refractivity contribution in [1.82, 2.24) is 0 Å². The Morgan fingerprint density at radius 1 is 1.50 bits per heavy atom. The minimum absolute atomic E-state index is 0.273. The molecule has 0 bridgehead atoms. The van der Waals surface area contributed by atoms with Crippen LogP contribution < -0.4 is 5.73 Å². The molecule has 1 aromatic rings. The predicted molar refractivity (Wildman–Crippen MR) is 67.9 cm³/mol. The molecule has 3 heteroatoms. The van der Waals surface area contributed by atoms with Crippen molar-refractivity contribution in [2.45, 2.75) is 30.7 Å². The van der Waals surface area contributed by atoms with Crippen LogP contribution in [0.25, 0.3) is 0 Å². The van der Waals surface area contributed by atoms with Crippen LogP contribution in [0.1, 0.15) is 18.9 Å². The van der Waals surface area contributed by atoms with E-state index in [9.17, 15) is 0 Å². The molecule has 0 aliphatic heterocycles. The number of rotatable bonds is 4. The number of halogens is 1. The Labute approximate surface area is 98.6 Å². The predicted octanol–water partition coefficient (Wildman–Crippen LogP) is 3.45. The largest absolute Gasteiger partial charge is 0.327 e. The molecule has 0 aliphatic rings. The normalized spacial score (nSPS) is 12.9. The third-order valence-electron chi connectivity index (χ3n) is 2.25. The molecule has 0 fully saturated rings. The second-order valence-electron chi connectivity index (χ2n) is 3.33. The zero-order chi connectivity index (χ0) is 10.6. The molecule has 0 amide bonds. The zero-order valence-electron chi connectivity index (χ0n) is 8.59. The summed E-state index contributed by atoms with van der Waals surface area (Å²) >= 11 is 5.27. The maximum Gasteiger partial charge on any atom is 0.0178 e. The highest BCUT2D eigenvalue weighted by Crippen LogP contribution is 2.25. The van der Waals surface area contributed by atoms with Gasteiger partial charge in [-0.3, -0.25) is 0 Å². The summed E-state index contributed by atoms with van der Waals surface area (Å²) in [7, 11) is 0. The summed E-state index contributed by atoms with van der Waals surface area (Å²) in [5.41, 5.74) is 7.30. The van der Waals surface area contributed by atoms with Crippen molar-refractivity contribution in [2.75, 3.05) is 6.26 Å². The van der Waals surface area contributed by atoms with Gasteiger partial charge in [0.25, 0.3) is 0 Å². The molecule has 1 atom stereocenters. The summed E-state index contributed by atoms with van der Waals surface area (Å²) in [5, 5.41) is 0. The van der Waals surface area contributed by atoms with Gasteiger partial charge in [0.1, 0.15) is 0 Å². The van der Waals surface area contributed by atoms with E-state index in [1.165, 1.54) is 10.5 Å². The topological polar surface area (TPSA) is 26.0 Å². The first-order chi connectivity index (χ1) is 6.67. The van der Waals surface area contributed by atoms with E-state index >= 15 is 0 Å². The van der Waals surface area contributed by atoms with Crippen molar-refractivity contribution >= 4 is 27.7 Å². The van der Waals surface area contributed by atoms with Gasteiger partial charge in [-0.15, -0.1) is 11.8 Å². The van der Waals surface area contributed by atoms with Crippen LogP contribution in [0.15, 0.2) is 27.6 Å². The molecule has 0 saturated heterocycles. The van der Waals surface area contributed by atoms with Crippen LogP contribution in [-0.4, -0.2) is 12.3 Å².